The normalized spacial score (nSPS) is 16.7. The van der Waals surface area contributed by atoms with Gasteiger partial charge in [-0.25, -0.2) is 0 Å². The van der Waals surface area contributed by atoms with Gasteiger partial charge in [-0.05, 0) is 25.7 Å². The summed E-state index contributed by atoms with van der Waals surface area (Å²) in [6, 6.07) is 0. The van der Waals surface area contributed by atoms with Gasteiger partial charge in [0.15, 0.2) is 0 Å². The van der Waals surface area contributed by atoms with Gasteiger partial charge in [-0.15, -0.1) is 0 Å². The number of aliphatic hydroxyl groups is 1. The molecule has 5 nitrogen and oxygen atoms in total. The van der Waals surface area contributed by atoms with Crippen LogP contribution >= 0.6 is 0 Å². The second-order valence-electron chi connectivity index (χ2n) is 6.77. The molecule has 5 heteroatoms. The van der Waals surface area contributed by atoms with E-state index in [1.807, 2.05) is 13.8 Å². The van der Waals surface area contributed by atoms with Crippen LogP contribution in [-0.4, -0.2) is 63.6 Å². The standard InChI is InChI=1S/C16H34O5/c1-13(10-18-6)20-8-7-19-11-14(2)21-12-15(17)9-16(3,4)5/h13-15,17H,7-12H2,1-6H3. The number of methoxy groups -OCH3 is 1. The Morgan fingerprint density at radius 1 is 0.905 bits per heavy atom. The van der Waals surface area contributed by atoms with Crippen LogP contribution in [0.1, 0.15) is 41.0 Å². The molecule has 0 spiro atoms. The van der Waals surface area contributed by atoms with E-state index in [0.717, 1.165) is 6.42 Å². The van der Waals surface area contributed by atoms with Gasteiger partial charge in [-0.3, -0.25) is 0 Å². The zero-order valence-corrected chi connectivity index (χ0v) is 14.6. The van der Waals surface area contributed by atoms with E-state index in [9.17, 15) is 5.11 Å². The fourth-order valence-corrected chi connectivity index (χ4v) is 1.93. The second kappa shape index (κ2) is 11.4. The lowest BCUT2D eigenvalue weighted by Crippen LogP contribution is -2.27. The lowest BCUT2D eigenvalue weighted by Gasteiger charge is -2.23. The maximum Gasteiger partial charge on any atom is 0.0781 e. The van der Waals surface area contributed by atoms with Crippen LogP contribution in [-0.2, 0) is 18.9 Å². The lowest BCUT2D eigenvalue weighted by molar-refractivity contribution is -0.0638. The molecule has 3 unspecified atom stereocenters. The van der Waals surface area contributed by atoms with Crippen molar-refractivity contribution in [1.29, 1.82) is 0 Å². The SMILES string of the molecule is COCC(C)OCCOCC(C)OCC(O)CC(C)(C)C. The van der Waals surface area contributed by atoms with Gasteiger partial charge >= 0.3 is 0 Å². The number of aliphatic hydroxyl groups excluding tert-OH is 1. The molecule has 0 aromatic rings. The molecule has 0 heterocycles. The molecule has 0 aromatic carbocycles. The Hall–Kier alpha value is -0.200. The van der Waals surface area contributed by atoms with Gasteiger partial charge in [0.25, 0.3) is 0 Å². The summed E-state index contributed by atoms with van der Waals surface area (Å²) >= 11 is 0. The Balaban J connectivity index is 3.52. The minimum Gasteiger partial charge on any atom is -0.391 e. The number of hydrogen-bond donors (Lipinski definition) is 1. The average Bonchev–Trinajstić information content (AvgIpc) is 2.34. The minimum absolute atomic E-state index is 0.0315. The van der Waals surface area contributed by atoms with Crippen LogP contribution in [0.2, 0.25) is 0 Å². The molecule has 0 radical (unpaired) electrons. The average molecular weight is 306 g/mol. The molecule has 0 saturated heterocycles. The van der Waals surface area contributed by atoms with Crippen molar-refractivity contribution >= 4 is 0 Å². The first kappa shape index (κ1) is 20.8. The quantitative estimate of drug-likeness (QED) is 0.561. The number of ether oxygens (including phenoxy) is 4. The smallest absolute Gasteiger partial charge is 0.0781 e. The van der Waals surface area contributed by atoms with Gasteiger partial charge in [-0.2, -0.15) is 0 Å². The Labute approximate surface area is 129 Å². The van der Waals surface area contributed by atoms with E-state index >= 15 is 0 Å². The Bertz CT molecular complexity index is 239. The highest BCUT2D eigenvalue weighted by Gasteiger charge is 2.17. The van der Waals surface area contributed by atoms with Crippen LogP contribution in [0.25, 0.3) is 0 Å². The molecule has 0 saturated carbocycles. The molecule has 0 rings (SSSR count). The molecule has 128 valence electrons. The van der Waals surface area contributed by atoms with Crippen molar-refractivity contribution in [3.63, 3.8) is 0 Å². The van der Waals surface area contributed by atoms with E-state index in [1.165, 1.54) is 0 Å². The van der Waals surface area contributed by atoms with E-state index < -0.39 is 6.10 Å². The summed E-state index contributed by atoms with van der Waals surface area (Å²) in [5.74, 6) is 0. The minimum atomic E-state index is -0.425. The summed E-state index contributed by atoms with van der Waals surface area (Å²) in [5, 5.41) is 9.86. The predicted molar refractivity (Wildman–Crippen MR) is 83.6 cm³/mol. The monoisotopic (exact) mass is 306 g/mol. The molecule has 0 fully saturated rings. The van der Waals surface area contributed by atoms with Crippen molar-refractivity contribution < 1.29 is 24.1 Å². The fourth-order valence-electron chi connectivity index (χ4n) is 1.93. The van der Waals surface area contributed by atoms with Crippen LogP contribution in [0.5, 0.6) is 0 Å². The summed E-state index contributed by atoms with van der Waals surface area (Å²) in [4.78, 5) is 0. The highest BCUT2D eigenvalue weighted by Crippen LogP contribution is 2.20. The molecular formula is C16H34O5. The van der Waals surface area contributed by atoms with Gasteiger partial charge in [-0.1, -0.05) is 20.8 Å². The molecule has 0 aliphatic heterocycles. The first-order valence-electron chi connectivity index (χ1n) is 7.72. The zero-order valence-electron chi connectivity index (χ0n) is 14.6. The molecule has 0 aromatic heterocycles. The first-order chi connectivity index (χ1) is 9.74. The lowest BCUT2D eigenvalue weighted by atomic mass is 9.89. The van der Waals surface area contributed by atoms with E-state index in [2.05, 4.69) is 20.8 Å². The van der Waals surface area contributed by atoms with E-state index in [1.54, 1.807) is 7.11 Å². The summed E-state index contributed by atoms with van der Waals surface area (Å²) < 4.78 is 21.5. The number of rotatable bonds is 12. The Morgan fingerprint density at radius 3 is 2.10 bits per heavy atom. The van der Waals surface area contributed by atoms with Crippen molar-refractivity contribution in [2.75, 3.05) is 40.1 Å². The van der Waals surface area contributed by atoms with Gasteiger partial charge < -0.3 is 24.1 Å². The van der Waals surface area contributed by atoms with Gasteiger partial charge in [0.1, 0.15) is 0 Å². The van der Waals surface area contributed by atoms with Crippen LogP contribution < -0.4 is 0 Å². The highest BCUT2D eigenvalue weighted by molar-refractivity contribution is 4.68. The third-order valence-electron chi connectivity index (χ3n) is 2.81. The van der Waals surface area contributed by atoms with Crippen molar-refractivity contribution in [1.82, 2.24) is 0 Å². The van der Waals surface area contributed by atoms with E-state index in [4.69, 9.17) is 18.9 Å². The summed E-state index contributed by atoms with van der Waals surface area (Å²) in [6.45, 7) is 12.7. The summed E-state index contributed by atoms with van der Waals surface area (Å²) in [5.41, 5.74) is 0.110. The van der Waals surface area contributed by atoms with Crippen molar-refractivity contribution in [3.8, 4) is 0 Å². The van der Waals surface area contributed by atoms with Gasteiger partial charge in [0, 0.05) is 7.11 Å². The maximum atomic E-state index is 9.86. The van der Waals surface area contributed by atoms with Crippen LogP contribution in [0.15, 0.2) is 0 Å². The molecule has 0 amide bonds. The maximum absolute atomic E-state index is 9.86. The molecule has 0 bridgehead atoms. The largest absolute Gasteiger partial charge is 0.391 e. The molecule has 1 N–H and O–H groups in total. The van der Waals surface area contributed by atoms with Crippen LogP contribution in [0.3, 0.4) is 0 Å². The number of hydrogen-bond acceptors (Lipinski definition) is 5. The molecule has 0 aliphatic carbocycles. The highest BCUT2D eigenvalue weighted by atomic mass is 16.6. The van der Waals surface area contributed by atoms with Crippen LogP contribution in [0.4, 0.5) is 0 Å². The van der Waals surface area contributed by atoms with Crippen LogP contribution in [0, 0.1) is 5.41 Å². The van der Waals surface area contributed by atoms with E-state index in [0.29, 0.717) is 33.0 Å². The Kier molecular flexibility index (Phi) is 11.3. The fraction of sp³-hybridized carbons (Fsp3) is 1.00. The predicted octanol–water partition coefficient (Wildman–Crippen LogP) is 2.26. The molecular weight excluding hydrogens is 272 g/mol. The van der Waals surface area contributed by atoms with Crippen molar-refractivity contribution in [2.24, 2.45) is 5.41 Å². The summed E-state index contributed by atoms with van der Waals surface area (Å²) in [6.07, 6.45) is 0.354. The van der Waals surface area contributed by atoms with Crippen molar-refractivity contribution in [3.05, 3.63) is 0 Å². The topological polar surface area (TPSA) is 57.2 Å². The zero-order chi connectivity index (χ0) is 16.3. The first-order valence-corrected chi connectivity index (χ1v) is 7.72. The summed E-state index contributed by atoms with van der Waals surface area (Å²) in [7, 11) is 1.66. The third kappa shape index (κ3) is 14.5. The van der Waals surface area contributed by atoms with Gasteiger partial charge in [0.05, 0.1) is 51.3 Å². The van der Waals surface area contributed by atoms with Gasteiger partial charge in [0.2, 0.25) is 0 Å². The Morgan fingerprint density at radius 2 is 1.52 bits per heavy atom. The molecule has 0 aliphatic rings. The molecule has 3 atom stereocenters. The third-order valence-corrected chi connectivity index (χ3v) is 2.81. The van der Waals surface area contributed by atoms with Crippen molar-refractivity contribution in [2.45, 2.75) is 59.4 Å². The second-order valence-corrected chi connectivity index (χ2v) is 6.77. The van der Waals surface area contributed by atoms with E-state index in [-0.39, 0.29) is 17.6 Å². The molecule has 21 heavy (non-hydrogen) atoms.